The fraction of sp³-hybridized carbons (Fsp3) is 0.917. The van der Waals surface area contributed by atoms with Crippen molar-refractivity contribution in [3.63, 3.8) is 0 Å². The van der Waals surface area contributed by atoms with Gasteiger partial charge < -0.3 is 18.4 Å². The number of rotatable bonds is 10. The van der Waals surface area contributed by atoms with Crippen molar-refractivity contribution >= 4 is 14.8 Å². The summed E-state index contributed by atoms with van der Waals surface area (Å²) >= 11 is 0. The van der Waals surface area contributed by atoms with Crippen molar-refractivity contribution in [3.05, 3.63) is 0 Å². The first-order valence-electron chi connectivity index (χ1n) is 6.09. The molecule has 0 aliphatic rings. The second kappa shape index (κ2) is 8.80. The highest BCUT2D eigenvalue weighted by molar-refractivity contribution is 6.65. The monoisotopic (exact) mass is 262 g/mol. The molecule has 0 saturated carbocycles. The van der Waals surface area contributed by atoms with Crippen LogP contribution in [0, 0.1) is 5.92 Å². The molecule has 0 aromatic rings. The molecule has 0 bridgehead atoms. The number of carbonyl (C=O) groups is 1. The second-order valence-electron chi connectivity index (χ2n) is 4.59. The highest BCUT2D eigenvalue weighted by Gasteiger charge is 2.28. The molecular formula is C12H26O4Si. The zero-order chi connectivity index (χ0) is 13.3. The molecule has 0 heterocycles. The van der Waals surface area contributed by atoms with E-state index in [1.54, 1.807) is 21.3 Å². The van der Waals surface area contributed by atoms with Crippen LogP contribution < -0.4 is 0 Å². The summed E-state index contributed by atoms with van der Waals surface area (Å²) in [7, 11) is 3.16. The summed E-state index contributed by atoms with van der Waals surface area (Å²) in [5, 5.41) is 0. The number of hydrogen-bond donors (Lipinski definition) is 0. The number of methoxy groups -OCH3 is 1. The fourth-order valence-electron chi connectivity index (χ4n) is 1.85. The van der Waals surface area contributed by atoms with Crippen LogP contribution in [-0.2, 0) is 18.4 Å². The molecule has 0 aromatic carbocycles. The Kier molecular flexibility index (Phi) is 8.68. The smallest absolute Gasteiger partial charge is 0.334 e. The normalized spacial score (nSPS) is 15.6. The highest BCUT2D eigenvalue weighted by Crippen LogP contribution is 2.20. The summed E-state index contributed by atoms with van der Waals surface area (Å²) in [5.41, 5.74) is 0. The Bertz CT molecular complexity index is 207. The Morgan fingerprint density at radius 2 is 1.82 bits per heavy atom. The van der Waals surface area contributed by atoms with Crippen LogP contribution in [0.1, 0.15) is 26.2 Å². The lowest BCUT2D eigenvalue weighted by Gasteiger charge is -2.25. The van der Waals surface area contributed by atoms with E-state index < -0.39 is 8.56 Å². The summed E-state index contributed by atoms with van der Waals surface area (Å²) in [5.74, 6) is 0.274. The van der Waals surface area contributed by atoms with Crippen molar-refractivity contribution in [2.45, 2.75) is 44.9 Å². The van der Waals surface area contributed by atoms with Gasteiger partial charge in [0.15, 0.2) is 0 Å². The van der Waals surface area contributed by atoms with E-state index in [-0.39, 0.29) is 12.0 Å². The predicted octanol–water partition coefficient (Wildman–Crippen LogP) is 2.37. The molecule has 0 saturated heterocycles. The van der Waals surface area contributed by atoms with Crippen molar-refractivity contribution in [1.82, 2.24) is 0 Å². The van der Waals surface area contributed by atoms with Gasteiger partial charge in [0.1, 0.15) is 6.29 Å². The maximum atomic E-state index is 10.5. The van der Waals surface area contributed by atoms with E-state index in [9.17, 15) is 4.79 Å². The van der Waals surface area contributed by atoms with Gasteiger partial charge in [-0.05, 0) is 31.4 Å². The maximum absolute atomic E-state index is 10.5. The van der Waals surface area contributed by atoms with Gasteiger partial charge in [0.25, 0.3) is 0 Å². The van der Waals surface area contributed by atoms with Gasteiger partial charge in [-0.1, -0.05) is 6.92 Å². The van der Waals surface area contributed by atoms with Crippen LogP contribution in [0.15, 0.2) is 0 Å². The van der Waals surface area contributed by atoms with Gasteiger partial charge in [-0.15, -0.1) is 0 Å². The van der Waals surface area contributed by atoms with Gasteiger partial charge in [-0.3, -0.25) is 0 Å². The zero-order valence-corrected chi connectivity index (χ0v) is 12.7. The molecule has 0 spiro atoms. The van der Waals surface area contributed by atoms with E-state index in [0.717, 1.165) is 25.2 Å². The van der Waals surface area contributed by atoms with Gasteiger partial charge in [0, 0.05) is 27.8 Å². The summed E-state index contributed by atoms with van der Waals surface area (Å²) in [6.07, 6.45) is 3.61. The second-order valence-corrected chi connectivity index (χ2v) is 8.17. The largest absolute Gasteiger partial charge is 0.398 e. The molecule has 17 heavy (non-hydrogen) atoms. The molecule has 0 aromatic heterocycles. The molecule has 0 aliphatic carbocycles. The zero-order valence-electron chi connectivity index (χ0n) is 11.7. The molecule has 0 fully saturated rings. The molecule has 102 valence electrons. The molecular weight excluding hydrogens is 236 g/mol. The van der Waals surface area contributed by atoms with Crippen LogP contribution in [0.4, 0.5) is 0 Å². The Hall–Kier alpha value is -0.233. The molecule has 0 rings (SSSR count). The highest BCUT2D eigenvalue weighted by atomic mass is 28.4. The summed E-state index contributed by atoms with van der Waals surface area (Å²) in [6, 6.07) is 0.952. The molecule has 0 aliphatic heterocycles. The number of aldehydes is 1. The van der Waals surface area contributed by atoms with Crippen LogP contribution in [0.2, 0.25) is 12.6 Å². The Labute approximate surface area is 106 Å². The third-order valence-electron chi connectivity index (χ3n) is 3.39. The van der Waals surface area contributed by atoms with Crippen molar-refractivity contribution in [2.75, 3.05) is 21.3 Å². The first-order chi connectivity index (χ1) is 8.02. The Morgan fingerprint density at radius 3 is 2.24 bits per heavy atom. The van der Waals surface area contributed by atoms with Crippen molar-refractivity contribution in [1.29, 1.82) is 0 Å². The Morgan fingerprint density at radius 1 is 1.24 bits per heavy atom. The molecule has 0 amide bonds. The van der Waals surface area contributed by atoms with Crippen LogP contribution >= 0.6 is 0 Å². The SMILES string of the molecule is COC(CCC[Si](C)(OC)OC)C(C)CC=O. The summed E-state index contributed by atoms with van der Waals surface area (Å²) in [6.45, 7) is 4.11. The van der Waals surface area contributed by atoms with Gasteiger partial charge >= 0.3 is 8.56 Å². The average Bonchev–Trinajstić information content (AvgIpc) is 2.34. The first-order valence-corrected chi connectivity index (χ1v) is 8.62. The standard InChI is InChI=1S/C12H26O4Si/c1-11(8-9-13)12(14-2)7-6-10-17(5,15-3)16-4/h9,11-12H,6-8,10H2,1-5H3. The molecule has 2 unspecified atom stereocenters. The van der Waals surface area contributed by atoms with E-state index >= 15 is 0 Å². The average molecular weight is 262 g/mol. The maximum Gasteiger partial charge on any atom is 0.334 e. The summed E-state index contributed by atoms with van der Waals surface area (Å²) in [4.78, 5) is 10.5. The lowest BCUT2D eigenvalue weighted by Crippen LogP contribution is -2.36. The molecule has 0 N–H and O–H groups in total. The van der Waals surface area contributed by atoms with E-state index in [1.165, 1.54) is 0 Å². The topological polar surface area (TPSA) is 44.8 Å². The number of ether oxygens (including phenoxy) is 1. The van der Waals surface area contributed by atoms with Crippen LogP contribution in [0.25, 0.3) is 0 Å². The summed E-state index contributed by atoms with van der Waals surface area (Å²) < 4.78 is 16.3. The molecule has 0 radical (unpaired) electrons. The van der Waals surface area contributed by atoms with E-state index in [2.05, 4.69) is 6.55 Å². The quantitative estimate of drug-likeness (QED) is 0.448. The van der Waals surface area contributed by atoms with E-state index in [1.807, 2.05) is 6.92 Å². The van der Waals surface area contributed by atoms with Gasteiger partial charge in [-0.2, -0.15) is 0 Å². The molecule has 5 heteroatoms. The lowest BCUT2D eigenvalue weighted by molar-refractivity contribution is -0.109. The number of hydrogen-bond acceptors (Lipinski definition) is 4. The van der Waals surface area contributed by atoms with Crippen LogP contribution in [0.3, 0.4) is 0 Å². The minimum atomic E-state index is -1.96. The third-order valence-corrected chi connectivity index (χ3v) is 6.38. The number of carbonyl (C=O) groups excluding carboxylic acids is 1. The van der Waals surface area contributed by atoms with Crippen LogP contribution in [0.5, 0.6) is 0 Å². The van der Waals surface area contributed by atoms with Crippen molar-refractivity contribution in [3.8, 4) is 0 Å². The predicted molar refractivity (Wildman–Crippen MR) is 70.3 cm³/mol. The first kappa shape index (κ1) is 16.8. The van der Waals surface area contributed by atoms with Crippen molar-refractivity contribution in [2.24, 2.45) is 5.92 Å². The lowest BCUT2D eigenvalue weighted by atomic mass is 9.98. The Balaban J connectivity index is 4.02. The van der Waals surface area contributed by atoms with Gasteiger partial charge in [-0.25, -0.2) is 0 Å². The van der Waals surface area contributed by atoms with Crippen molar-refractivity contribution < 1.29 is 18.4 Å². The van der Waals surface area contributed by atoms with Gasteiger partial charge in [0.2, 0.25) is 0 Å². The molecule has 4 nitrogen and oxygen atoms in total. The third kappa shape index (κ3) is 6.31. The minimum Gasteiger partial charge on any atom is -0.398 e. The van der Waals surface area contributed by atoms with Crippen LogP contribution in [-0.4, -0.2) is 42.3 Å². The molecule has 2 atom stereocenters. The van der Waals surface area contributed by atoms with E-state index in [0.29, 0.717) is 6.42 Å². The van der Waals surface area contributed by atoms with Gasteiger partial charge in [0.05, 0.1) is 6.10 Å². The fourth-order valence-corrected chi connectivity index (χ4v) is 3.27. The minimum absolute atomic E-state index is 0.146. The van der Waals surface area contributed by atoms with E-state index in [4.69, 9.17) is 13.6 Å².